The van der Waals surface area contributed by atoms with Crippen molar-refractivity contribution in [2.45, 2.75) is 6.10 Å². The summed E-state index contributed by atoms with van der Waals surface area (Å²) in [7, 11) is 0. The molecule has 106 valence electrons. The molecule has 0 bridgehead atoms. The molecule has 0 saturated carbocycles. The Morgan fingerprint density at radius 1 is 1.35 bits per heavy atom. The third-order valence-electron chi connectivity index (χ3n) is 2.70. The number of amides is 1. The molecule has 0 radical (unpaired) electrons. The van der Waals surface area contributed by atoms with Gasteiger partial charge >= 0.3 is 0 Å². The van der Waals surface area contributed by atoms with Gasteiger partial charge < -0.3 is 15.7 Å². The van der Waals surface area contributed by atoms with E-state index in [-0.39, 0.29) is 12.5 Å². The molecule has 1 atom stereocenters. The predicted octanol–water partition coefficient (Wildman–Crippen LogP) is 2.77. The number of carbonyl (C=O) groups excluding carboxylic acids is 1. The van der Waals surface area contributed by atoms with Crippen LogP contribution < -0.4 is 10.6 Å². The molecule has 0 saturated heterocycles. The number of carbonyl (C=O) groups is 1. The molecule has 0 fully saturated rings. The van der Waals surface area contributed by atoms with Crippen LogP contribution in [0.15, 0.2) is 45.6 Å². The van der Waals surface area contributed by atoms with Crippen LogP contribution in [0, 0.1) is 0 Å². The molecule has 2 aromatic rings. The van der Waals surface area contributed by atoms with Gasteiger partial charge in [0.2, 0.25) is 5.91 Å². The fraction of sp³-hybridized carbons (Fsp3) is 0.214. The maximum absolute atomic E-state index is 11.8. The minimum Gasteiger partial charge on any atom is -0.387 e. The first-order valence-corrected chi connectivity index (χ1v) is 7.85. The Kier molecular flexibility index (Phi) is 5.72. The number of aliphatic hydroxyl groups excluding tert-OH is 1. The van der Waals surface area contributed by atoms with Crippen molar-refractivity contribution < 1.29 is 9.90 Å². The minimum atomic E-state index is -0.586. The van der Waals surface area contributed by atoms with E-state index in [2.05, 4.69) is 26.6 Å². The van der Waals surface area contributed by atoms with Crippen LogP contribution in [0.2, 0.25) is 0 Å². The predicted molar refractivity (Wildman–Crippen MR) is 84.9 cm³/mol. The lowest BCUT2D eigenvalue weighted by Gasteiger charge is -2.11. The number of para-hydroxylation sites is 1. The number of benzene rings is 1. The van der Waals surface area contributed by atoms with Crippen LogP contribution in [-0.4, -0.2) is 24.1 Å². The normalized spacial score (nSPS) is 12.1. The molecule has 3 N–H and O–H groups in total. The summed E-state index contributed by atoms with van der Waals surface area (Å²) in [6.07, 6.45) is -0.586. The molecule has 4 nitrogen and oxygen atoms in total. The van der Waals surface area contributed by atoms with Crippen molar-refractivity contribution >= 4 is 38.9 Å². The van der Waals surface area contributed by atoms with E-state index < -0.39 is 6.10 Å². The molecule has 1 heterocycles. The fourth-order valence-corrected chi connectivity index (χ4v) is 2.75. The first-order chi connectivity index (χ1) is 9.66. The molecule has 0 aliphatic heterocycles. The van der Waals surface area contributed by atoms with Gasteiger partial charge in [-0.2, -0.15) is 11.3 Å². The Balaban J connectivity index is 1.74. The van der Waals surface area contributed by atoms with Crippen LogP contribution in [0.1, 0.15) is 11.7 Å². The number of anilines is 1. The maximum atomic E-state index is 11.8. The van der Waals surface area contributed by atoms with E-state index in [1.165, 1.54) is 11.3 Å². The van der Waals surface area contributed by atoms with E-state index in [0.717, 1.165) is 15.7 Å². The fourth-order valence-electron chi connectivity index (χ4n) is 1.66. The van der Waals surface area contributed by atoms with Gasteiger partial charge in [0.05, 0.1) is 18.3 Å². The quantitative estimate of drug-likeness (QED) is 0.747. The van der Waals surface area contributed by atoms with Crippen molar-refractivity contribution in [3.05, 3.63) is 51.1 Å². The first kappa shape index (κ1) is 15.2. The molecule has 1 amide bonds. The van der Waals surface area contributed by atoms with Crippen molar-refractivity contribution in [2.24, 2.45) is 0 Å². The summed E-state index contributed by atoms with van der Waals surface area (Å²) in [5, 5.41) is 19.4. The number of halogens is 1. The highest BCUT2D eigenvalue weighted by Gasteiger charge is 2.09. The molecule has 6 heteroatoms. The van der Waals surface area contributed by atoms with E-state index in [0.29, 0.717) is 6.54 Å². The Bertz CT molecular complexity index is 560. The highest BCUT2D eigenvalue weighted by molar-refractivity contribution is 9.10. The third-order valence-corrected chi connectivity index (χ3v) is 4.09. The Morgan fingerprint density at radius 3 is 2.85 bits per heavy atom. The van der Waals surface area contributed by atoms with Crippen molar-refractivity contribution in [1.82, 2.24) is 5.32 Å². The molecular formula is C14H15BrN2O2S. The van der Waals surface area contributed by atoms with Gasteiger partial charge in [0.25, 0.3) is 0 Å². The van der Waals surface area contributed by atoms with Crippen LogP contribution in [0.5, 0.6) is 0 Å². The van der Waals surface area contributed by atoms with Crippen molar-refractivity contribution in [3.8, 4) is 0 Å². The summed E-state index contributed by atoms with van der Waals surface area (Å²) in [4.78, 5) is 11.8. The number of hydrogen-bond acceptors (Lipinski definition) is 4. The van der Waals surface area contributed by atoms with Gasteiger partial charge in [-0.05, 0) is 50.5 Å². The zero-order valence-electron chi connectivity index (χ0n) is 10.7. The molecule has 1 unspecified atom stereocenters. The van der Waals surface area contributed by atoms with E-state index in [9.17, 15) is 9.90 Å². The average Bonchev–Trinajstić information content (AvgIpc) is 2.95. The summed E-state index contributed by atoms with van der Waals surface area (Å²) in [6, 6.07) is 9.30. The summed E-state index contributed by atoms with van der Waals surface area (Å²) in [5.74, 6) is -0.144. The van der Waals surface area contributed by atoms with Gasteiger partial charge in [-0.3, -0.25) is 4.79 Å². The maximum Gasteiger partial charge on any atom is 0.238 e. The van der Waals surface area contributed by atoms with Gasteiger partial charge in [-0.15, -0.1) is 0 Å². The summed E-state index contributed by atoms with van der Waals surface area (Å²) in [6.45, 7) is 0.503. The zero-order valence-corrected chi connectivity index (χ0v) is 13.1. The second-order valence-corrected chi connectivity index (χ2v) is 5.87. The van der Waals surface area contributed by atoms with Crippen molar-refractivity contribution in [3.63, 3.8) is 0 Å². The SMILES string of the molecule is O=C(CNCC(O)c1ccsc1)Nc1ccccc1Br. The standard InChI is InChI=1S/C14H15BrN2O2S/c15-11-3-1-2-4-12(11)17-14(19)8-16-7-13(18)10-5-6-20-9-10/h1-6,9,13,16,18H,7-8H2,(H,17,19). The van der Waals surface area contributed by atoms with Crippen LogP contribution in [0.3, 0.4) is 0 Å². The monoisotopic (exact) mass is 354 g/mol. The highest BCUT2D eigenvalue weighted by atomic mass is 79.9. The average molecular weight is 355 g/mol. The van der Waals surface area contributed by atoms with Gasteiger partial charge in [-0.25, -0.2) is 0 Å². The van der Waals surface area contributed by atoms with E-state index in [1.807, 2.05) is 41.1 Å². The Hall–Kier alpha value is -1.21. The van der Waals surface area contributed by atoms with E-state index in [1.54, 1.807) is 0 Å². The summed E-state index contributed by atoms with van der Waals surface area (Å²) >= 11 is 4.91. The van der Waals surface area contributed by atoms with E-state index >= 15 is 0 Å². The molecule has 0 aliphatic rings. The van der Waals surface area contributed by atoms with Crippen LogP contribution in [0.25, 0.3) is 0 Å². The Labute approximate surface area is 130 Å². The van der Waals surface area contributed by atoms with Gasteiger partial charge in [0, 0.05) is 11.0 Å². The number of hydrogen-bond donors (Lipinski definition) is 3. The number of thiophene rings is 1. The molecule has 0 spiro atoms. The van der Waals surface area contributed by atoms with Crippen molar-refractivity contribution in [1.29, 1.82) is 0 Å². The van der Waals surface area contributed by atoms with E-state index in [4.69, 9.17) is 0 Å². The highest BCUT2D eigenvalue weighted by Crippen LogP contribution is 2.20. The number of nitrogens with one attached hydrogen (secondary N) is 2. The van der Waals surface area contributed by atoms with Gasteiger partial charge in [0.15, 0.2) is 0 Å². The van der Waals surface area contributed by atoms with Crippen LogP contribution >= 0.6 is 27.3 Å². The lowest BCUT2D eigenvalue weighted by molar-refractivity contribution is -0.115. The molecule has 1 aromatic carbocycles. The largest absolute Gasteiger partial charge is 0.387 e. The first-order valence-electron chi connectivity index (χ1n) is 6.12. The second-order valence-electron chi connectivity index (χ2n) is 4.23. The molecular weight excluding hydrogens is 340 g/mol. The lowest BCUT2D eigenvalue weighted by Crippen LogP contribution is -2.31. The van der Waals surface area contributed by atoms with Gasteiger partial charge in [-0.1, -0.05) is 12.1 Å². The molecule has 1 aromatic heterocycles. The molecule has 0 aliphatic carbocycles. The number of aliphatic hydroxyl groups is 1. The van der Waals surface area contributed by atoms with Crippen molar-refractivity contribution in [2.75, 3.05) is 18.4 Å². The topological polar surface area (TPSA) is 61.4 Å². The summed E-state index contributed by atoms with van der Waals surface area (Å²) < 4.78 is 0.839. The number of rotatable bonds is 6. The zero-order chi connectivity index (χ0) is 14.4. The molecule has 2 rings (SSSR count). The second kappa shape index (κ2) is 7.54. The Morgan fingerprint density at radius 2 is 2.15 bits per heavy atom. The van der Waals surface area contributed by atoms with Crippen LogP contribution in [0.4, 0.5) is 5.69 Å². The third kappa shape index (κ3) is 4.42. The smallest absolute Gasteiger partial charge is 0.238 e. The molecule has 20 heavy (non-hydrogen) atoms. The van der Waals surface area contributed by atoms with Gasteiger partial charge in [0.1, 0.15) is 0 Å². The lowest BCUT2D eigenvalue weighted by atomic mass is 10.2. The summed E-state index contributed by atoms with van der Waals surface area (Å²) in [5.41, 5.74) is 1.60. The van der Waals surface area contributed by atoms with Crippen LogP contribution in [-0.2, 0) is 4.79 Å². The minimum absolute atomic E-state index is 0.144.